The Morgan fingerprint density at radius 2 is 1.91 bits per heavy atom. The molecule has 0 saturated heterocycles. The Labute approximate surface area is 141 Å². The Bertz CT molecular complexity index is 747. The number of rotatable bonds is 3. The second kappa shape index (κ2) is 6.28. The number of benzene rings is 2. The number of amides is 2. The largest absolute Gasteiger partial charge is 0.328 e. The van der Waals surface area contributed by atoms with Crippen LogP contribution >= 0.6 is 15.9 Å². The molecule has 23 heavy (non-hydrogen) atoms. The third kappa shape index (κ3) is 3.37. The molecule has 2 amide bonds. The van der Waals surface area contributed by atoms with Crippen LogP contribution in [0.5, 0.6) is 0 Å². The van der Waals surface area contributed by atoms with E-state index in [4.69, 9.17) is 0 Å². The Morgan fingerprint density at radius 3 is 2.52 bits per heavy atom. The smallest absolute Gasteiger partial charge is 0.320 e. The number of carbonyl (C=O) groups excluding carboxylic acids is 1. The first kappa shape index (κ1) is 15.9. The molecule has 1 fully saturated rings. The molecule has 120 valence electrons. The van der Waals surface area contributed by atoms with Gasteiger partial charge in [-0.1, -0.05) is 28.1 Å². The van der Waals surface area contributed by atoms with Crippen LogP contribution in [-0.4, -0.2) is 6.03 Å². The van der Waals surface area contributed by atoms with Crippen molar-refractivity contribution in [3.05, 3.63) is 64.1 Å². The standard InChI is InChI=1S/C17H15BrF2N2O/c18-12-4-1-3-11(9-12)17(7-2-8-17)22-16(23)21-15-6-5-13(19)10-14(15)20/h1,3-6,9-10H,2,7-8H2,(H2,21,22,23). The first-order valence-corrected chi connectivity index (χ1v) is 8.08. The van der Waals surface area contributed by atoms with Crippen LogP contribution in [0.3, 0.4) is 0 Å². The molecule has 2 aromatic rings. The third-order valence-corrected chi connectivity index (χ3v) is 4.61. The summed E-state index contributed by atoms with van der Waals surface area (Å²) in [6.45, 7) is 0. The maximum atomic E-state index is 13.6. The van der Waals surface area contributed by atoms with E-state index in [-0.39, 0.29) is 5.69 Å². The number of halogens is 3. The van der Waals surface area contributed by atoms with E-state index < -0.39 is 23.2 Å². The van der Waals surface area contributed by atoms with Gasteiger partial charge < -0.3 is 10.6 Å². The Balaban J connectivity index is 1.75. The number of anilines is 1. The number of urea groups is 1. The van der Waals surface area contributed by atoms with Crippen LogP contribution in [0.1, 0.15) is 24.8 Å². The van der Waals surface area contributed by atoms with Crippen LogP contribution in [-0.2, 0) is 5.54 Å². The van der Waals surface area contributed by atoms with Crippen molar-refractivity contribution < 1.29 is 13.6 Å². The molecule has 1 aliphatic carbocycles. The topological polar surface area (TPSA) is 41.1 Å². The van der Waals surface area contributed by atoms with Gasteiger partial charge in [0.2, 0.25) is 0 Å². The van der Waals surface area contributed by atoms with Crippen molar-refractivity contribution in [3.63, 3.8) is 0 Å². The minimum absolute atomic E-state index is 0.0485. The van der Waals surface area contributed by atoms with E-state index in [0.717, 1.165) is 41.4 Å². The van der Waals surface area contributed by atoms with Crippen LogP contribution in [0.2, 0.25) is 0 Å². The van der Waals surface area contributed by atoms with E-state index in [9.17, 15) is 13.6 Å². The van der Waals surface area contributed by atoms with E-state index in [2.05, 4.69) is 26.6 Å². The van der Waals surface area contributed by atoms with Gasteiger partial charge in [0, 0.05) is 10.5 Å². The van der Waals surface area contributed by atoms with Crippen LogP contribution in [0.4, 0.5) is 19.3 Å². The predicted octanol–water partition coefficient (Wildman–Crippen LogP) is 4.93. The van der Waals surface area contributed by atoms with Crippen molar-refractivity contribution in [1.29, 1.82) is 0 Å². The molecule has 6 heteroatoms. The predicted molar refractivity (Wildman–Crippen MR) is 88.2 cm³/mol. The highest BCUT2D eigenvalue weighted by Crippen LogP contribution is 2.42. The molecule has 3 nitrogen and oxygen atoms in total. The van der Waals surface area contributed by atoms with E-state index in [1.807, 2.05) is 24.3 Å². The zero-order valence-corrected chi connectivity index (χ0v) is 13.8. The summed E-state index contributed by atoms with van der Waals surface area (Å²) in [6, 6.07) is 10.3. The SMILES string of the molecule is O=C(Nc1ccc(F)cc1F)NC1(c2cccc(Br)c2)CCC1. The molecule has 0 heterocycles. The normalized spacial score (nSPS) is 15.6. The van der Waals surface area contributed by atoms with E-state index >= 15 is 0 Å². The van der Waals surface area contributed by atoms with Crippen molar-refractivity contribution in [3.8, 4) is 0 Å². The molecule has 2 aromatic carbocycles. The Morgan fingerprint density at radius 1 is 1.13 bits per heavy atom. The summed E-state index contributed by atoms with van der Waals surface area (Å²) in [6.07, 6.45) is 2.66. The minimum atomic E-state index is -0.801. The average molecular weight is 381 g/mol. The molecule has 0 radical (unpaired) electrons. The summed E-state index contributed by atoms with van der Waals surface area (Å²) in [4.78, 5) is 12.2. The highest BCUT2D eigenvalue weighted by molar-refractivity contribution is 9.10. The van der Waals surface area contributed by atoms with Gasteiger partial charge in [0.25, 0.3) is 0 Å². The summed E-state index contributed by atoms with van der Waals surface area (Å²) < 4.78 is 27.5. The van der Waals surface area contributed by atoms with Gasteiger partial charge in [0.1, 0.15) is 11.6 Å². The van der Waals surface area contributed by atoms with Gasteiger partial charge in [0.05, 0.1) is 11.2 Å². The first-order valence-electron chi connectivity index (χ1n) is 7.29. The molecular formula is C17H15BrF2N2O. The lowest BCUT2D eigenvalue weighted by Crippen LogP contribution is -2.52. The van der Waals surface area contributed by atoms with Crippen molar-refractivity contribution in [1.82, 2.24) is 5.32 Å². The lowest BCUT2D eigenvalue weighted by molar-refractivity contribution is 0.185. The minimum Gasteiger partial charge on any atom is -0.328 e. The lowest BCUT2D eigenvalue weighted by Gasteiger charge is -2.43. The fourth-order valence-electron chi connectivity index (χ4n) is 2.76. The van der Waals surface area contributed by atoms with Crippen molar-refractivity contribution in [2.45, 2.75) is 24.8 Å². The zero-order valence-electron chi connectivity index (χ0n) is 12.2. The summed E-state index contributed by atoms with van der Waals surface area (Å²) in [5.41, 5.74) is 0.519. The second-order valence-electron chi connectivity index (χ2n) is 5.65. The van der Waals surface area contributed by atoms with Gasteiger partial charge in [-0.3, -0.25) is 0 Å². The molecule has 1 aliphatic rings. The maximum Gasteiger partial charge on any atom is 0.320 e. The van der Waals surface area contributed by atoms with Gasteiger partial charge in [-0.15, -0.1) is 0 Å². The third-order valence-electron chi connectivity index (χ3n) is 4.12. The molecule has 0 spiro atoms. The van der Waals surface area contributed by atoms with Crippen LogP contribution < -0.4 is 10.6 Å². The van der Waals surface area contributed by atoms with Crippen molar-refractivity contribution in [2.75, 3.05) is 5.32 Å². The summed E-state index contributed by atoms with van der Waals surface area (Å²) in [5.74, 6) is -1.48. The molecule has 0 aliphatic heterocycles. The Hall–Kier alpha value is -1.95. The van der Waals surface area contributed by atoms with Gasteiger partial charge in [-0.2, -0.15) is 0 Å². The second-order valence-corrected chi connectivity index (χ2v) is 6.56. The molecule has 3 rings (SSSR count). The summed E-state index contributed by atoms with van der Waals surface area (Å²) in [5, 5.41) is 5.37. The highest BCUT2D eigenvalue weighted by atomic mass is 79.9. The first-order chi connectivity index (χ1) is 11.0. The fraction of sp³-hybridized carbons (Fsp3) is 0.235. The average Bonchev–Trinajstić information content (AvgIpc) is 2.46. The van der Waals surface area contributed by atoms with Crippen LogP contribution in [0.15, 0.2) is 46.9 Å². The van der Waals surface area contributed by atoms with Gasteiger partial charge in [-0.05, 0) is 49.1 Å². The monoisotopic (exact) mass is 380 g/mol. The molecule has 0 aromatic heterocycles. The number of hydrogen-bond acceptors (Lipinski definition) is 1. The number of carbonyl (C=O) groups is 1. The number of nitrogens with one attached hydrogen (secondary N) is 2. The van der Waals surface area contributed by atoms with Crippen molar-refractivity contribution >= 4 is 27.6 Å². The van der Waals surface area contributed by atoms with Gasteiger partial charge >= 0.3 is 6.03 Å². The molecular weight excluding hydrogens is 366 g/mol. The molecule has 0 atom stereocenters. The van der Waals surface area contributed by atoms with Gasteiger partial charge in [0.15, 0.2) is 0 Å². The Kier molecular flexibility index (Phi) is 4.35. The van der Waals surface area contributed by atoms with Crippen LogP contribution in [0, 0.1) is 11.6 Å². The quantitative estimate of drug-likeness (QED) is 0.778. The fourth-order valence-corrected chi connectivity index (χ4v) is 3.16. The molecule has 0 bridgehead atoms. The maximum absolute atomic E-state index is 13.6. The van der Waals surface area contributed by atoms with E-state index in [1.54, 1.807) is 0 Å². The molecule has 2 N–H and O–H groups in total. The summed E-state index contributed by atoms with van der Waals surface area (Å²) >= 11 is 3.43. The van der Waals surface area contributed by atoms with E-state index in [0.29, 0.717) is 0 Å². The summed E-state index contributed by atoms with van der Waals surface area (Å²) in [7, 11) is 0. The van der Waals surface area contributed by atoms with Crippen molar-refractivity contribution in [2.24, 2.45) is 0 Å². The lowest BCUT2D eigenvalue weighted by atomic mass is 9.72. The van der Waals surface area contributed by atoms with E-state index in [1.165, 1.54) is 6.07 Å². The zero-order chi connectivity index (χ0) is 16.4. The highest BCUT2D eigenvalue weighted by Gasteiger charge is 2.40. The molecule has 1 saturated carbocycles. The van der Waals surface area contributed by atoms with Crippen LogP contribution in [0.25, 0.3) is 0 Å². The number of hydrogen-bond donors (Lipinski definition) is 2. The molecule has 0 unspecified atom stereocenters. The van der Waals surface area contributed by atoms with Gasteiger partial charge in [-0.25, -0.2) is 13.6 Å².